The number of nitrogens with zero attached hydrogens (tertiary/aromatic N) is 4. The molecule has 3 N–H and O–H groups in total. The Morgan fingerprint density at radius 3 is 1.39 bits per heavy atom. The topological polar surface area (TPSA) is 278 Å². The van der Waals surface area contributed by atoms with Crippen molar-refractivity contribution in [3.63, 3.8) is 0 Å². The van der Waals surface area contributed by atoms with Crippen molar-refractivity contribution in [2.24, 2.45) is 0 Å². The van der Waals surface area contributed by atoms with Crippen LogP contribution in [0.2, 0.25) is 0 Å². The second-order valence-corrected chi connectivity index (χ2v) is 14.9. The van der Waals surface area contributed by atoms with Gasteiger partial charge in [0, 0.05) is 26.2 Å². The fourth-order valence-electron chi connectivity index (χ4n) is 3.57. The molecule has 0 unspecified atom stereocenters. The van der Waals surface area contributed by atoms with Gasteiger partial charge in [-0.05, 0) is 52.6 Å². The van der Waals surface area contributed by atoms with Gasteiger partial charge in [-0.1, -0.05) is 54.6 Å². The van der Waals surface area contributed by atoms with Gasteiger partial charge in [-0.15, -0.1) is 0 Å². The van der Waals surface area contributed by atoms with E-state index in [1.165, 1.54) is 72.8 Å². The second kappa shape index (κ2) is 17.5. The average molecular weight is 743 g/mol. The van der Waals surface area contributed by atoms with Crippen molar-refractivity contribution in [3.05, 3.63) is 101 Å². The molecule has 0 saturated carbocycles. The molecule has 5 aromatic rings. The van der Waals surface area contributed by atoms with Crippen LogP contribution in [0.5, 0.6) is 5.88 Å². The summed E-state index contributed by atoms with van der Waals surface area (Å²) in [6.07, 6.45) is 0.774. The maximum atomic E-state index is 12.6. The first-order valence-electron chi connectivity index (χ1n) is 13.9. The minimum absolute atomic E-state index is 0.0142. The number of sulfone groups is 3. The number of ether oxygens (including phenoxy) is 1. The lowest BCUT2D eigenvalue weighted by atomic mass is 10.4. The van der Waals surface area contributed by atoms with Gasteiger partial charge in [0.1, 0.15) is 0 Å². The fraction of sp³-hybridized carbons (Fsp3) is 0.214. The van der Waals surface area contributed by atoms with E-state index < -0.39 is 55.4 Å². The molecule has 0 spiro atoms. The van der Waals surface area contributed by atoms with Gasteiger partial charge < -0.3 is 30.5 Å². The highest BCUT2D eigenvalue weighted by Crippen LogP contribution is 2.28. The normalized spacial score (nSPS) is 11.5. The van der Waals surface area contributed by atoms with Crippen molar-refractivity contribution < 1.29 is 64.4 Å². The van der Waals surface area contributed by atoms with E-state index in [1.54, 1.807) is 18.2 Å². The molecule has 0 fully saturated rings. The summed E-state index contributed by atoms with van der Waals surface area (Å²) >= 11 is 0. The third-order valence-electron chi connectivity index (χ3n) is 5.87. The van der Waals surface area contributed by atoms with Crippen LogP contribution in [0.15, 0.2) is 130 Å². The fourth-order valence-corrected chi connectivity index (χ4v) is 7.94. The Labute approximate surface area is 279 Å². The van der Waals surface area contributed by atoms with Crippen LogP contribution in [-0.4, -0.2) is 77.3 Å². The van der Waals surface area contributed by atoms with Crippen molar-refractivity contribution in [2.45, 2.75) is 42.6 Å². The van der Waals surface area contributed by atoms with Crippen LogP contribution >= 0.6 is 0 Å². The Kier molecular flexibility index (Phi) is 13.7. The van der Waals surface area contributed by atoms with Gasteiger partial charge in [-0.25, -0.2) is 25.3 Å². The Morgan fingerprint density at radius 1 is 0.571 bits per heavy atom. The van der Waals surface area contributed by atoms with Gasteiger partial charge in [0.15, 0.2) is 0 Å². The SMILES string of the molecule is O=S(=O)(c1ccccc1)c1c(OCCCO)no[n+]1[O-].O=S(=O)(c1ccccc1)c1no[n+]([O-])c1S(=O)(=O)c1ccccc1.OCCCO. The number of benzene rings is 3. The highest BCUT2D eigenvalue weighted by Gasteiger charge is 2.42. The molecule has 0 amide bonds. The van der Waals surface area contributed by atoms with Gasteiger partial charge in [0.2, 0.25) is 0 Å². The molecule has 264 valence electrons. The second-order valence-electron chi connectivity index (χ2n) is 9.26. The van der Waals surface area contributed by atoms with E-state index in [1.807, 2.05) is 0 Å². The van der Waals surface area contributed by atoms with E-state index >= 15 is 0 Å². The summed E-state index contributed by atoms with van der Waals surface area (Å²) in [4.78, 5) is -1.15. The van der Waals surface area contributed by atoms with Crippen LogP contribution in [0, 0.1) is 10.4 Å². The predicted octanol–water partition coefficient (Wildman–Crippen LogP) is 0.237. The molecular formula is C28H30N4O14S3. The van der Waals surface area contributed by atoms with Crippen molar-refractivity contribution in [3.8, 4) is 5.88 Å². The van der Waals surface area contributed by atoms with Crippen molar-refractivity contribution in [2.75, 3.05) is 26.4 Å². The summed E-state index contributed by atoms with van der Waals surface area (Å²) in [5.41, 5.74) is 0. The summed E-state index contributed by atoms with van der Waals surface area (Å²) in [6.45, 7) is 0.0728. The van der Waals surface area contributed by atoms with Gasteiger partial charge >= 0.3 is 21.0 Å². The first-order chi connectivity index (χ1) is 23.3. The third kappa shape index (κ3) is 9.37. The number of aliphatic hydroxyl groups excluding tert-OH is 3. The average Bonchev–Trinajstić information content (AvgIpc) is 3.70. The first-order valence-corrected chi connectivity index (χ1v) is 18.3. The lowest BCUT2D eigenvalue weighted by Crippen LogP contribution is -2.31. The largest absolute Gasteiger partial charge is 0.454 e. The van der Waals surface area contributed by atoms with Gasteiger partial charge in [0.25, 0.3) is 29.5 Å². The molecule has 0 bridgehead atoms. The van der Waals surface area contributed by atoms with E-state index in [4.69, 9.17) is 20.1 Å². The maximum Gasteiger partial charge on any atom is 0.414 e. The zero-order valence-electron chi connectivity index (χ0n) is 25.2. The number of aliphatic hydroxyl groups is 3. The Balaban J connectivity index is 0.000000237. The number of hydrogen-bond acceptors (Lipinski definition) is 16. The summed E-state index contributed by atoms with van der Waals surface area (Å²) in [7, 11) is -12.9. The van der Waals surface area contributed by atoms with Crippen LogP contribution in [0.3, 0.4) is 0 Å². The summed E-state index contributed by atoms with van der Waals surface area (Å²) in [5, 5.41) is 51.4. The molecule has 0 saturated heterocycles. The van der Waals surface area contributed by atoms with Crippen LogP contribution in [0.1, 0.15) is 12.8 Å². The van der Waals surface area contributed by atoms with Crippen molar-refractivity contribution >= 4 is 29.5 Å². The zero-order chi connectivity index (χ0) is 36.1. The lowest BCUT2D eigenvalue weighted by molar-refractivity contribution is -0.832. The molecule has 18 nitrogen and oxygen atoms in total. The van der Waals surface area contributed by atoms with Crippen molar-refractivity contribution in [1.29, 1.82) is 0 Å². The summed E-state index contributed by atoms with van der Waals surface area (Å²) in [6, 6.07) is 21.4. The molecule has 2 heterocycles. The minimum Gasteiger partial charge on any atom is -0.454 e. The number of aromatic nitrogens is 4. The van der Waals surface area contributed by atoms with E-state index in [0.717, 1.165) is 0 Å². The molecular weight excluding hydrogens is 713 g/mol. The highest BCUT2D eigenvalue weighted by molar-refractivity contribution is 7.94. The number of hydrogen-bond donors (Lipinski definition) is 3. The molecule has 0 atom stereocenters. The Morgan fingerprint density at radius 2 is 0.959 bits per heavy atom. The molecule has 0 radical (unpaired) electrons. The molecule has 3 aromatic carbocycles. The summed E-state index contributed by atoms with van der Waals surface area (Å²) in [5.74, 6) is -0.419. The van der Waals surface area contributed by atoms with E-state index in [0.29, 0.717) is 6.42 Å². The Bertz CT molecular complexity index is 2090. The van der Waals surface area contributed by atoms with Gasteiger partial charge in [-0.2, -0.15) is 0 Å². The maximum absolute atomic E-state index is 12.6. The number of rotatable bonds is 12. The van der Waals surface area contributed by atoms with Crippen LogP contribution < -0.4 is 14.5 Å². The first kappa shape index (κ1) is 38.5. The van der Waals surface area contributed by atoms with Crippen molar-refractivity contribution in [1.82, 2.24) is 10.3 Å². The predicted molar refractivity (Wildman–Crippen MR) is 163 cm³/mol. The van der Waals surface area contributed by atoms with E-state index in [9.17, 15) is 35.7 Å². The monoisotopic (exact) mass is 742 g/mol. The van der Waals surface area contributed by atoms with E-state index in [2.05, 4.69) is 19.6 Å². The van der Waals surface area contributed by atoms with E-state index in [-0.39, 0.29) is 52.4 Å². The molecule has 0 aliphatic heterocycles. The smallest absolute Gasteiger partial charge is 0.414 e. The van der Waals surface area contributed by atoms with Gasteiger partial charge in [0.05, 0.1) is 31.6 Å². The lowest BCUT2D eigenvalue weighted by Gasteiger charge is -2.02. The molecule has 5 rings (SSSR count). The molecule has 21 heteroatoms. The molecule has 0 aliphatic rings. The quantitative estimate of drug-likeness (QED) is 0.114. The Hall–Kier alpha value is -4.93. The van der Waals surface area contributed by atoms with Crippen LogP contribution in [0.4, 0.5) is 0 Å². The molecule has 0 aliphatic carbocycles. The zero-order valence-corrected chi connectivity index (χ0v) is 27.7. The molecule has 49 heavy (non-hydrogen) atoms. The van der Waals surface area contributed by atoms with Crippen LogP contribution in [-0.2, 0) is 29.5 Å². The van der Waals surface area contributed by atoms with Gasteiger partial charge in [-0.3, -0.25) is 9.26 Å². The summed E-state index contributed by atoms with van der Waals surface area (Å²) < 4.78 is 88.7. The third-order valence-corrected chi connectivity index (χ3v) is 11.1. The minimum atomic E-state index is -4.43. The standard InChI is InChI=1S/C14H10N2O6S2.C11H12N2O6S.C3H8O2/c17-16-14(24(20,21)12-9-5-2-6-10-12)13(15-22-16)23(18,19)11-7-3-1-4-8-11;14-7-4-8-18-10-11(13(15)19-12-10)20(16,17)9-5-2-1-3-6-9;4-2-1-3-5/h1-10H;1-3,5-6,14H,4,7-8H2;4-5H,1-3H2. The highest BCUT2D eigenvalue weighted by atomic mass is 32.2. The van der Waals surface area contributed by atoms with Crippen LogP contribution in [0.25, 0.3) is 0 Å². The molecule has 2 aromatic heterocycles.